The molecular weight excluding hydrogens is 430 g/mol. The SMILES string of the molecule is CCN(c1ccccc1)S(=O)(=O)c1cccc(C(=O)NC[C@@H](c2cccs2)N(C)C)c1. The van der Waals surface area contributed by atoms with Crippen molar-refractivity contribution in [3.05, 3.63) is 82.6 Å². The van der Waals surface area contributed by atoms with Crippen LogP contribution in [-0.2, 0) is 10.0 Å². The van der Waals surface area contributed by atoms with Crippen molar-refractivity contribution < 1.29 is 13.2 Å². The molecule has 0 fully saturated rings. The van der Waals surface area contributed by atoms with E-state index in [1.807, 2.05) is 42.6 Å². The smallest absolute Gasteiger partial charge is 0.264 e. The fourth-order valence-corrected chi connectivity index (χ4v) is 5.76. The van der Waals surface area contributed by atoms with Crippen LogP contribution in [0.1, 0.15) is 28.2 Å². The van der Waals surface area contributed by atoms with Crippen molar-refractivity contribution in [2.24, 2.45) is 0 Å². The summed E-state index contributed by atoms with van der Waals surface area (Å²) in [7, 11) is 0.136. The number of anilines is 1. The number of rotatable bonds is 9. The Bertz CT molecular complexity index is 1100. The summed E-state index contributed by atoms with van der Waals surface area (Å²) in [5.41, 5.74) is 0.901. The lowest BCUT2D eigenvalue weighted by Crippen LogP contribution is -2.34. The number of thiophene rings is 1. The summed E-state index contributed by atoms with van der Waals surface area (Å²) in [5.74, 6) is -0.303. The number of amides is 1. The highest BCUT2D eigenvalue weighted by molar-refractivity contribution is 7.92. The van der Waals surface area contributed by atoms with Crippen LogP contribution in [0.2, 0.25) is 0 Å². The molecule has 1 heterocycles. The number of carbonyl (C=O) groups excluding carboxylic acids is 1. The van der Waals surface area contributed by atoms with Crippen molar-refractivity contribution in [1.29, 1.82) is 0 Å². The van der Waals surface area contributed by atoms with Crippen LogP contribution in [-0.4, -0.2) is 46.4 Å². The predicted octanol–water partition coefficient (Wildman–Crippen LogP) is 4.00. The average molecular weight is 458 g/mol. The van der Waals surface area contributed by atoms with Gasteiger partial charge in [-0.05, 0) is 62.8 Å². The Labute approximate surface area is 188 Å². The van der Waals surface area contributed by atoms with E-state index < -0.39 is 10.0 Å². The average Bonchev–Trinajstić information content (AvgIpc) is 3.29. The summed E-state index contributed by atoms with van der Waals surface area (Å²) < 4.78 is 27.8. The second-order valence-electron chi connectivity index (χ2n) is 7.24. The number of hydrogen-bond acceptors (Lipinski definition) is 5. The number of para-hydroxylation sites is 1. The Morgan fingerprint density at radius 2 is 1.77 bits per heavy atom. The summed E-state index contributed by atoms with van der Waals surface area (Å²) >= 11 is 1.64. The summed E-state index contributed by atoms with van der Waals surface area (Å²) in [5, 5.41) is 4.95. The van der Waals surface area contributed by atoms with Crippen molar-refractivity contribution in [2.45, 2.75) is 17.9 Å². The van der Waals surface area contributed by atoms with Gasteiger partial charge in [-0.15, -0.1) is 11.3 Å². The summed E-state index contributed by atoms with van der Waals surface area (Å²) in [6, 6.07) is 19.2. The minimum absolute atomic E-state index is 0.0459. The number of hydrogen-bond donors (Lipinski definition) is 1. The molecule has 8 heteroatoms. The number of carbonyl (C=O) groups is 1. The number of benzene rings is 2. The number of nitrogens with one attached hydrogen (secondary N) is 1. The molecule has 0 saturated carbocycles. The fraction of sp³-hybridized carbons (Fsp3) is 0.261. The molecule has 1 N–H and O–H groups in total. The second-order valence-corrected chi connectivity index (χ2v) is 10.1. The normalized spacial score (nSPS) is 12.5. The topological polar surface area (TPSA) is 69.7 Å². The van der Waals surface area contributed by atoms with E-state index in [9.17, 15) is 13.2 Å². The molecule has 2 aromatic carbocycles. The van der Waals surface area contributed by atoms with E-state index in [1.165, 1.54) is 16.4 Å². The highest BCUT2D eigenvalue weighted by atomic mass is 32.2. The Balaban J connectivity index is 1.79. The maximum atomic E-state index is 13.2. The van der Waals surface area contributed by atoms with E-state index in [0.717, 1.165) is 4.88 Å². The van der Waals surface area contributed by atoms with E-state index in [2.05, 4.69) is 5.32 Å². The molecule has 0 spiro atoms. The Hall–Kier alpha value is -2.68. The zero-order valence-corrected chi connectivity index (χ0v) is 19.5. The Kier molecular flexibility index (Phi) is 7.48. The summed E-state index contributed by atoms with van der Waals surface area (Å²) in [6.45, 7) is 2.50. The number of nitrogens with zero attached hydrogens (tertiary/aromatic N) is 2. The van der Waals surface area contributed by atoms with Crippen LogP contribution in [0.4, 0.5) is 5.69 Å². The molecule has 31 heavy (non-hydrogen) atoms. The van der Waals surface area contributed by atoms with Crippen LogP contribution in [0.15, 0.2) is 77.0 Å². The fourth-order valence-electron chi connectivity index (χ4n) is 3.32. The van der Waals surface area contributed by atoms with Crippen molar-refractivity contribution in [2.75, 3.05) is 31.5 Å². The van der Waals surface area contributed by atoms with Crippen molar-refractivity contribution in [1.82, 2.24) is 10.2 Å². The summed E-state index contributed by atoms with van der Waals surface area (Å²) in [6.07, 6.45) is 0. The third kappa shape index (κ3) is 5.33. The van der Waals surface area contributed by atoms with Crippen molar-refractivity contribution >= 4 is 33.0 Å². The lowest BCUT2D eigenvalue weighted by atomic mass is 10.2. The van der Waals surface area contributed by atoms with Crippen molar-refractivity contribution in [3.8, 4) is 0 Å². The van der Waals surface area contributed by atoms with Crippen LogP contribution < -0.4 is 9.62 Å². The van der Waals surface area contributed by atoms with Crippen LogP contribution >= 0.6 is 11.3 Å². The van der Waals surface area contributed by atoms with Gasteiger partial charge in [-0.2, -0.15) is 0 Å². The molecule has 0 radical (unpaired) electrons. The van der Waals surface area contributed by atoms with Gasteiger partial charge < -0.3 is 10.2 Å². The summed E-state index contributed by atoms with van der Waals surface area (Å²) in [4.78, 5) is 16.1. The van der Waals surface area contributed by atoms with Gasteiger partial charge in [-0.25, -0.2) is 8.42 Å². The van der Waals surface area contributed by atoms with Crippen LogP contribution in [0.5, 0.6) is 0 Å². The molecule has 0 aliphatic carbocycles. The monoisotopic (exact) mass is 457 g/mol. The Morgan fingerprint density at radius 3 is 2.39 bits per heavy atom. The van der Waals surface area contributed by atoms with Gasteiger partial charge in [0.15, 0.2) is 0 Å². The predicted molar refractivity (Wildman–Crippen MR) is 126 cm³/mol. The molecule has 0 unspecified atom stereocenters. The molecule has 0 bridgehead atoms. The molecule has 0 aliphatic heterocycles. The minimum atomic E-state index is -3.79. The Morgan fingerprint density at radius 1 is 1.03 bits per heavy atom. The van der Waals surface area contributed by atoms with Gasteiger partial charge in [-0.3, -0.25) is 9.10 Å². The molecule has 0 saturated heterocycles. The van der Waals surface area contributed by atoms with E-state index in [0.29, 0.717) is 17.8 Å². The quantitative estimate of drug-likeness (QED) is 0.527. The van der Waals surface area contributed by atoms with Crippen LogP contribution in [0, 0.1) is 0 Å². The lowest BCUT2D eigenvalue weighted by molar-refractivity contribution is 0.0942. The number of sulfonamides is 1. The lowest BCUT2D eigenvalue weighted by Gasteiger charge is -2.24. The first kappa shape index (κ1) is 23.0. The first-order valence-electron chi connectivity index (χ1n) is 10.0. The van der Waals surface area contributed by atoms with E-state index in [-0.39, 0.29) is 23.4 Å². The molecule has 1 amide bonds. The maximum absolute atomic E-state index is 13.2. The zero-order chi connectivity index (χ0) is 22.4. The molecule has 0 aliphatic rings. The highest BCUT2D eigenvalue weighted by Crippen LogP contribution is 2.25. The van der Waals surface area contributed by atoms with Gasteiger partial charge in [0.2, 0.25) is 0 Å². The molecule has 1 aromatic heterocycles. The first-order chi connectivity index (χ1) is 14.8. The van der Waals surface area contributed by atoms with Gasteiger partial charge in [0.1, 0.15) is 0 Å². The molecule has 6 nitrogen and oxygen atoms in total. The van der Waals surface area contributed by atoms with Gasteiger partial charge in [0.05, 0.1) is 16.6 Å². The largest absolute Gasteiger partial charge is 0.350 e. The van der Waals surface area contributed by atoms with E-state index in [4.69, 9.17) is 0 Å². The first-order valence-corrected chi connectivity index (χ1v) is 12.3. The molecule has 3 aromatic rings. The third-order valence-corrected chi connectivity index (χ3v) is 7.84. The second kappa shape index (κ2) is 10.1. The van der Waals surface area contributed by atoms with Crippen molar-refractivity contribution in [3.63, 3.8) is 0 Å². The molecule has 164 valence electrons. The van der Waals surface area contributed by atoms with E-state index in [1.54, 1.807) is 54.7 Å². The van der Waals surface area contributed by atoms with Gasteiger partial charge >= 0.3 is 0 Å². The maximum Gasteiger partial charge on any atom is 0.264 e. The third-order valence-electron chi connectivity index (χ3n) is 4.97. The molecular formula is C23H27N3O3S2. The molecule has 1 atom stereocenters. The van der Waals surface area contributed by atoms with Gasteiger partial charge in [-0.1, -0.05) is 30.3 Å². The zero-order valence-electron chi connectivity index (χ0n) is 17.9. The van der Waals surface area contributed by atoms with E-state index >= 15 is 0 Å². The number of likely N-dealkylation sites (N-methyl/N-ethyl adjacent to an activating group) is 1. The minimum Gasteiger partial charge on any atom is -0.350 e. The van der Waals surface area contributed by atoms with Gasteiger partial charge in [0, 0.05) is 23.5 Å². The van der Waals surface area contributed by atoms with Crippen LogP contribution in [0.3, 0.4) is 0 Å². The molecule has 3 rings (SSSR count). The highest BCUT2D eigenvalue weighted by Gasteiger charge is 2.24. The van der Waals surface area contributed by atoms with Crippen LogP contribution in [0.25, 0.3) is 0 Å². The van der Waals surface area contributed by atoms with Gasteiger partial charge in [0.25, 0.3) is 15.9 Å². The standard InChI is InChI=1S/C23H27N3O3S2/c1-4-26(19-11-6-5-7-12-19)31(28,29)20-13-8-10-18(16-20)23(27)24-17-21(25(2)3)22-14-9-15-30-22/h5-16,21H,4,17H2,1-3H3,(H,24,27)/t21-/m0/s1.